The number of hydrogen-bond acceptors (Lipinski definition) is 3. The SMILES string of the molecule is CCc1nc2nc(C)cc(C)n2n1. The van der Waals surface area contributed by atoms with E-state index in [1.54, 1.807) is 4.52 Å². The second-order valence-corrected chi connectivity index (χ2v) is 3.13. The third-order valence-electron chi connectivity index (χ3n) is 1.98. The highest BCUT2D eigenvalue weighted by molar-refractivity contribution is 5.30. The smallest absolute Gasteiger partial charge is 0.216 e. The van der Waals surface area contributed by atoms with E-state index in [4.69, 9.17) is 0 Å². The molecule has 0 aliphatic carbocycles. The standard InChI is InChI=1S/C9H12N4/c1-4-8-11-9-10-6(2)5-7(3)13(9)12-8/h5H,4H2,1-3H3. The van der Waals surface area contributed by atoms with Crippen LogP contribution in [0.25, 0.3) is 5.78 Å². The van der Waals surface area contributed by atoms with Gasteiger partial charge in [-0.2, -0.15) is 4.98 Å². The van der Waals surface area contributed by atoms with Crippen molar-refractivity contribution < 1.29 is 0 Å². The van der Waals surface area contributed by atoms with Crippen LogP contribution in [-0.2, 0) is 6.42 Å². The molecule has 0 aliphatic rings. The Hall–Kier alpha value is -1.45. The molecule has 0 unspecified atom stereocenters. The second kappa shape index (κ2) is 2.80. The van der Waals surface area contributed by atoms with Gasteiger partial charge in [0, 0.05) is 17.8 Å². The highest BCUT2D eigenvalue weighted by Crippen LogP contribution is 2.05. The Bertz CT molecular complexity index is 444. The van der Waals surface area contributed by atoms with Crippen molar-refractivity contribution in [1.82, 2.24) is 19.6 Å². The third-order valence-corrected chi connectivity index (χ3v) is 1.98. The summed E-state index contributed by atoms with van der Waals surface area (Å²) in [4.78, 5) is 8.59. The van der Waals surface area contributed by atoms with Crippen molar-refractivity contribution >= 4 is 5.78 Å². The van der Waals surface area contributed by atoms with Gasteiger partial charge >= 0.3 is 0 Å². The molecule has 0 aromatic carbocycles. The lowest BCUT2D eigenvalue weighted by molar-refractivity contribution is 0.847. The van der Waals surface area contributed by atoms with Gasteiger partial charge < -0.3 is 0 Å². The monoisotopic (exact) mass is 176 g/mol. The van der Waals surface area contributed by atoms with E-state index in [9.17, 15) is 0 Å². The maximum absolute atomic E-state index is 4.31. The first-order valence-corrected chi connectivity index (χ1v) is 4.40. The Labute approximate surface area is 76.6 Å². The van der Waals surface area contributed by atoms with Crippen molar-refractivity contribution in [3.63, 3.8) is 0 Å². The molecule has 0 radical (unpaired) electrons. The minimum Gasteiger partial charge on any atom is -0.216 e. The van der Waals surface area contributed by atoms with Crippen molar-refractivity contribution in [1.29, 1.82) is 0 Å². The van der Waals surface area contributed by atoms with Crippen LogP contribution in [0.5, 0.6) is 0 Å². The zero-order valence-electron chi connectivity index (χ0n) is 8.07. The molecule has 68 valence electrons. The summed E-state index contributed by atoms with van der Waals surface area (Å²) in [7, 11) is 0. The van der Waals surface area contributed by atoms with Crippen LogP contribution in [-0.4, -0.2) is 19.6 Å². The zero-order chi connectivity index (χ0) is 9.42. The third kappa shape index (κ3) is 1.28. The van der Waals surface area contributed by atoms with Gasteiger partial charge in [0.05, 0.1) is 0 Å². The summed E-state index contributed by atoms with van der Waals surface area (Å²) in [6, 6.07) is 2.00. The molecule has 2 aromatic heterocycles. The number of aromatic nitrogens is 4. The molecule has 13 heavy (non-hydrogen) atoms. The molecule has 0 spiro atoms. The average Bonchev–Trinajstić information content (AvgIpc) is 2.47. The Kier molecular flexibility index (Phi) is 1.76. The number of fused-ring (bicyclic) bond motifs is 1. The Balaban J connectivity index is 2.75. The molecule has 2 heterocycles. The lowest BCUT2D eigenvalue weighted by Crippen LogP contribution is -1.97. The van der Waals surface area contributed by atoms with Crippen LogP contribution in [0.2, 0.25) is 0 Å². The van der Waals surface area contributed by atoms with E-state index in [1.165, 1.54) is 0 Å². The van der Waals surface area contributed by atoms with Crippen LogP contribution >= 0.6 is 0 Å². The van der Waals surface area contributed by atoms with Crippen molar-refractivity contribution in [3.8, 4) is 0 Å². The number of hydrogen-bond donors (Lipinski definition) is 0. The quantitative estimate of drug-likeness (QED) is 0.657. The van der Waals surface area contributed by atoms with Crippen LogP contribution in [0.1, 0.15) is 24.1 Å². The number of rotatable bonds is 1. The molecular formula is C9H12N4. The van der Waals surface area contributed by atoms with Gasteiger partial charge in [-0.1, -0.05) is 6.92 Å². The normalized spacial score (nSPS) is 11.0. The van der Waals surface area contributed by atoms with Gasteiger partial charge in [0.1, 0.15) is 0 Å². The molecule has 4 heteroatoms. The van der Waals surface area contributed by atoms with Gasteiger partial charge in [-0.15, -0.1) is 5.10 Å². The lowest BCUT2D eigenvalue weighted by atomic mass is 10.4. The molecule has 0 saturated heterocycles. The van der Waals surface area contributed by atoms with Gasteiger partial charge in [-0.3, -0.25) is 0 Å². The number of nitrogens with zero attached hydrogens (tertiary/aromatic N) is 4. The Morgan fingerprint density at radius 3 is 2.77 bits per heavy atom. The number of aryl methyl sites for hydroxylation is 3. The predicted octanol–water partition coefficient (Wildman–Crippen LogP) is 1.30. The fraction of sp³-hybridized carbons (Fsp3) is 0.444. The first-order chi connectivity index (χ1) is 6.20. The van der Waals surface area contributed by atoms with Gasteiger partial charge in [0.25, 0.3) is 5.78 Å². The summed E-state index contributed by atoms with van der Waals surface area (Å²) in [5.74, 6) is 1.55. The maximum atomic E-state index is 4.31. The predicted molar refractivity (Wildman–Crippen MR) is 49.6 cm³/mol. The van der Waals surface area contributed by atoms with Crippen molar-refractivity contribution in [2.75, 3.05) is 0 Å². The Morgan fingerprint density at radius 2 is 2.08 bits per heavy atom. The largest absolute Gasteiger partial charge is 0.252 e. The maximum Gasteiger partial charge on any atom is 0.252 e. The lowest BCUT2D eigenvalue weighted by Gasteiger charge is -1.97. The van der Waals surface area contributed by atoms with E-state index in [1.807, 2.05) is 26.8 Å². The molecule has 0 amide bonds. The van der Waals surface area contributed by atoms with Crippen LogP contribution in [0.3, 0.4) is 0 Å². The van der Waals surface area contributed by atoms with Gasteiger partial charge in [0.2, 0.25) is 0 Å². The highest BCUT2D eigenvalue weighted by atomic mass is 15.3. The fourth-order valence-corrected chi connectivity index (χ4v) is 1.36. The molecule has 4 nitrogen and oxygen atoms in total. The van der Waals surface area contributed by atoms with Gasteiger partial charge in [-0.25, -0.2) is 9.50 Å². The summed E-state index contributed by atoms with van der Waals surface area (Å²) >= 11 is 0. The molecule has 2 rings (SSSR count). The molecule has 0 N–H and O–H groups in total. The van der Waals surface area contributed by atoms with Crippen molar-refractivity contribution in [2.45, 2.75) is 27.2 Å². The van der Waals surface area contributed by atoms with E-state index in [0.29, 0.717) is 5.78 Å². The molecule has 0 aliphatic heterocycles. The minimum absolute atomic E-state index is 0.703. The van der Waals surface area contributed by atoms with Crippen molar-refractivity contribution in [2.24, 2.45) is 0 Å². The summed E-state index contributed by atoms with van der Waals surface area (Å²) in [6.45, 7) is 6.01. The molecule has 0 atom stereocenters. The highest BCUT2D eigenvalue weighted by Gasteiger charge is 2.04. The summed E-state index contributed by atoms with van der Waals surface area (Å²) in [5, 5.41) is 4.31. The van der Waals surface area contributed by atoms with E-state index >= 15 is 0 Å². The van der Waals surface area contributed by atoms with E-state index in [2.05, 4.69) is 15.1 Å². The van der Waals surface area contributed by atoms with Gasteiger partial charge in [0.15, 0.2) is 5.82 Å². The summed E-state index contributed by atoms with van der Waals surface area (Å²) < 4.78 is 1.78. The Morgan fingerprint density at radius 1 is 1.31 bits per heavy atom. The van der Waals surface area contributed by atoms with E-state index in [0.717, 1.165) is 23.6 Å². The van der Waals surface area contributed by atoms with Crippen molar-refractivity contribution in [3.05, 3.63) is 23.3 Å². The molecule has 0 bridgehead atoms. The van der Waals surface area contributed by atoms with Crippen LogP contribution in [0.15, 0.2) is 6.07 Å². The molecular weight excluding hydrogens is 164 g/mol. The first-order valence-electron chi connectivity index (χ1n) is 4.40. The van der Waals surface area contributed by atoms with E-state index in [-0.39, 0.29) is 0 Å². The first kappa shape index (κ1) is 8.16. The van der Waals surface area contributed by atoms with Gasteiger partial charge in [-0.05, 0) is 19.9 Å². The summed E-state index contributed by atoms with van der Waals surface area (Å²) in [6.07, 6.45) is 0.849. The van der Waals surface area contributed by atoms with Crippen LogP contribution in [0, 0.1) is 13.8 Å². The van der Waals surface area contributed by atoms with Crippen LogP contribution in [0.4, 0.5) is 0 Å². The average molecular weight is 176 g/mol. The molecule has 0 saturated carbocycles. The van der Waals surface area contributed by atoms with E-state index < -0.39 is 0 Å². The van der Waals surface area contributed by atoms with Crippen LogP contribution < -0.4 is 0 Å². The minimum atomic E-state index is 0.703. The topological polar surface area (TPSA) is 43.1 Å². The summed E-state index contributed by atoms with van der Waals surface area (Å²) in [5.41, 5.74) is 2.06. The fourth-order valence-electron chi connectivity index (χ4n) is 1.36. The second-order valence-electron chi connectivity index (χ2n) is 3.13. The molecule has 0 fully saturated rings. The zero-order valence-corrected chi connectivity index (χ0v) is 8.07. The molecule has 2 aromatic rings.